The Hall–Kier alpha value is -0.120. The topological polar surface area (TPSA) is 30.5 Å². The zero-order valence-corrected chi connectivity index (χ0v) is 10.1. The van der Waals surface area contributed by atoms with Crippen LogP contribution in [0, 0.1) is 0 Å². The van der Waals surface area contributed by atoms with Gasteiger partial charge in [-0.2, -0.15) is 0 Å². The minimum absolute atomic E-state index is 0.436. The zero-order chi connectivity index (χ0) is 10.9. The second kappa shape index (κ2) is 8.08. The van der Waals surface area contributed by atoms with Crippen LogP contribution in [0.1, 0.15) is 39.0 Å². The summed E-state index contributed by atoms with van der Waals surface area (Å²) in [7, 11) is 1.77. The summed E-state index contributed by atoms with van der Waals surface area (Å²) >= 11 is 0. The van der Waals surface area contributed by atoms with Crippen LogP contribution in [0.5, 0.6) is 0 Å². The van der Waals surface area contributed by atoms with Crippen molar-refractivity contribution in [1.82, 2.24) is 5.32 Å². The molecular formula is C12H25NO2. The van der Waals surface area contributed by atoms with E-state index in [1.54, 1.807) is 7.11 Å². The highest BCUT2D eigenvalue weighted by Crippen LogP contribution is 2.11. The van der Waals surface area contributed by atoms with E-state index in [4.69, 9.17) is 9.47 Å². The van der Waals surface area contributed by atoms with E-state index in [0.717, 1.165) is 19.8 Å². The Morgan fingerprint density at radius 3 is 3.00 bits per heavy atom. The Labute approximate surface area is 93.5 Å². The minimum atomic E-state index is 0.436. The highest BCUT2D eigenvalue weighted by Gasteiger charge is 2.16. The first-order valence-electron chi connectivity index (χ1n) is 6.20. The van der Waals surface area contributed by atoms with Crippen molar-refractivity contribution in [1.29, 1.82) is 0 Å². The molecule has 0 amide bonds. The zero-order valence-electron chi connectivity index (χ0n) is 10.1. The van der Waals surface area contributed by atoms with Crippen LogP contribution < -0.4 is 5.32 Å². The molecule has 3 heteroatoms. The summed E-state index contributed by atoms with van der Waals surface area (Å²) in [4.78, 5) is 0. The van der Waals surface area contributed by atoms with Gasteiger partial charge in [0.15, 0.2) is 0 Å². The smallest absolute Gasteiger partial charge is 0.0700 e. The minimum Gasteiger partial charge on any atom is -0.383 e. The monoisotopic (exact) mass is 215 g/mol. The summed E-state index contributed by atoms with van der Waals surface area (Å²) in [6.45, 7) is 4.96. The lowest BCUT2D eigenvalue weighted by molar-refractivity contribution is 0.0982. The number of unbranched alkanes of at least 4 members (excludes halogenated alkanes) is 1. The van der Waals surface area contributed by atoms with Crippen LogP contribution in [0.2, 0.25) is 0 Å². The SMILES string of the molecule is CCCCC(COC)NCC1CCCO1. The molecule has 1 saturated heterocycles. The van der Waals surface area contributed by atoms with E-state index in [9.17, 15) is 0 Å². The lowest BCUT2D eigenvalue weighted by atomic mass is 10.1. The highest BCUT2D eigenvalue weighted by atomic mass is 16.5. The molecule has 90 valence electrons. The molecule has 0 spiro atoms. The highest BCUT2D eigenvalue weighted by molar-refractivity contribution is 4.72. The van der Waals surface area contributed by atoms with E-state index >= 15 is 0 Å². The average Bonchev–Trinajstić information content (AvgIpc) is 2.75. The van der Waals surface area contributed by atoms with Crippen LogP contribution in [-0.4, -0.2) is 39.0 Å². The van der Waals surface area contributed by atoms with Gasteiger partial charge in [0.05, 0.1) is 12.7 Å². The summed E-state index contributed by atoms with van der Waals surface area (Å²) in [5, 5.41) is 3.55. The first kappa shape index (κ1) is 12.9. The van der Waals surface area contributed by atoms with Crippen LogP contribution in [-0.2, 0) is 9.47 Å². The second-order valence-electron chi connectivity index (χ2n) is 4.34. The van der Waals surface area contributed by atoms with E-state index in [2.05, 4.69) is 12.2 Å². The van der Waals surface area contributed by atoms with Gasteiger partial charge < -0.3 is 14.8 Å². The Morgan fingerprint density at radius 2 is 2.40 bits per heavy atom. The molecule has 15 heavy (non-hydrogen) atoms. The molecule has 2 atom stereocenters. The maximum Gasteiger partial charge on any atom is 0.0700 e. The van der Waals surface area contributed by atoms with E-state index in [0.29, 0.717) is 12.1 Å². The molecule has 0 aromatic carbocycles. The number of ether oxygens (including phenoxy) is 2. The normalized spacial score (nSPS) is 23.2. The number of rotatable bonds is 8. The van der Waals surface area contributed by atoms with E-state index in [1.807, 2.05) is 0 Å². The maximum absolute atomic E-state index is 5.58. The van der Waals surface area contributed by atoms with Gasteiger partial charge in [-0.1, -0.05) is 19.8 Å². The molecule has 1 N–H and O–H groups in total. The molecule has 3 nitrogen and oxygen atoms in total. The number of hydrogen-bond donors (Lipinski definition) is 1. The Morgan fingerprint density at radius 1 is 1.53 bits per heavy atom. The van der Waals surface area contributed by atoms with Crippen molar-refractivity contribution in [2.24, 2.45) is 0 Å². The Bertz CT molecular complexity index is 147. The predicted octanol–water partition coefficient (Wildman–Crippen LogP) is 1.96. The Balaban J connectivity index is 2.11. The molecule has 1 aliphatic rings. The van der Waals surface area contributed by atoms with Crippen molar-refractivity contribution in [2.75, 3.05) is 26.9 Å². The van der Waals surface area contributed by atoms with E-state index in [-0.39, 0.29) is 0 Å². The van der Waals surface area contributed by atoms with Crippen LogP contribution in [0.25, 0.3) is 0 Å². The van der Waals surface area contributed by atoms with Crippen molar-refractivity contribution >= 4 is 0 Å². The molecule has 0 aromatic heterocycles. The standard InChI is InChI=1S/C12H25NO2/c1-3-4-6-11(10-14-2)13-9-12-7-5-8-15-12/h11-13H,3-10H2,1-2H3. The van der Waals surface area contributed by atoms with Crippen molar-refractivity contribution < 1.29 is 9.47 Å². The van der Waals surface area contributed by atoms with Gasteiger partial charge in [-0.05, 0) is 19.3 Å². The van der Waals surface area contributed by atoms with Crippen molar-refractivity contribution in [3.63, 3.8) is 0 Å². The summed E-state index contributed by atoms with van der Waals surface area (Å²) in [5.74, 6) is 0. The average molecular weight is 215 g/mol. The van der Waals surface area contributed by atoms with Gasteiger partial charge in [-0.15, -0.1) is 0 Å². The molecule has 2 unspecified atom stereocenters. The van der Waals surface area contributed by atoms with Gasteiger partial charge in [-0.25, -0.2) is 0 Å². The molecule has 1 aliphatic heterocycles. The van der Waals surface area contributed by atoms with Crippen LogP contribution >= 0.6 is 0 Å². The summed E-state index contributed by atoms with van der Waals surface area (Å²) in [5.41, 5.74) is 0. The second-order valence-corrected chi connectivity index (χ2v) is 4.34. The Kier molecular flexibility index (Phi) is 6.98. The van der Waals surface area contributed by atoms with Gasteiger partial charge in [0, 0.05) is 26.3 Å². The largest absolute Gasteiger partial charge is 0.383 e. The number of methoxy groups -OCH3 is 1. The number of hydrogen-bond acceptors (Lipinski definition) is 3. The van der Waals surface area contributed by atoms with Gasteiger partial charge >= 0.3 is 0 Å². The molecule has 0 aromatic rings. The van der Waals surface area contributed by atoms with E-state index < -0.39 is 0 Å². The fourth-order valence-corrected chi connectivity index (χ4v) is 2.00. The quantitative estimate of drug-likeness (QED) is 0.671. The van der Waals surface area contributed by atoms with Crippen molar-refractivity contribution in [3.8, 4) is 0 Å². The first-order chi connectivity index (χ1) is 7.36. The molecular weight excluding hydrogens is 190 g/mol. The fourth-order valence-electron chi connectivity index (χ4n) is 2.00. The van der Waals surface area contributed by atoms with Crippen LogP contribution in [0.15, 0.2) is 0 Å². The van der Waals surface area contributed by atoms with Crippen molar-refractivity contribution in [2.45, 2.75) is 51.2 Å². The van der Waals surface area contributed by atoms with Crippen LogP contribution in [0.4, 0.5) is 0 Å². The van der Waals surface area contributed by atoms with E-state index in [1.165, 1.54) is 32.1 Å². The third-order valence-corrected chi connectivity index (χ3v) is 2.93. The summed E-state index contributed by atoms with van der Waals surface area (Å²) in [6.07, 6.45) is 6.59. The third-order valence-electron chi connectivity index (χ3n) is 2.93. The van der Waals surface area contributed by atoms with Crippen LogP contribution in [0.3, 0.4) is 0 Å². The predicted molar refractivity (Wildman–Crippen MR) is 62.2 cm³/mol. The molecule has 0 radical (unpaired) electrons. The molecule has 1 fully saturated rings. The van der Waals surface area contributed by atoms with Gasteiger partial charge in [0.1, 0.15) is 0 Å². The third kappa shape index (κ3) is 5.50. The number of nitrogens with one attached hydrogen (secondary N) is 1. The molecule has 0 aliphatic carbocycles. The molecule has 0 bridgehead atoms. The molecule has 1 heterocycles. The molecule has 0 saturated carbocycles. The van der Waals surface area contributed by atoms with Gasteiger partial charge in [0.25, 0.3) is 0 Å². The molecule has 1 rings (SSSR count). The lowest BCUT2D eigenvalue weighted by Gasteiger charge is -2.19. The summed E-state index contributed by atoms with van der Waals surface area (Å²) in [6, 6.07) is 0.499. The van der Waals surface area contributed by atoms with Crippen molar-refractivity contribution in [3.05, 3.63) is 0 Å². The fraction of sp³-hybridized carbons (Fsp3) is 1.00. The lowest BCUT2D eigenvalue weighted by Crippen LogP contribution is -2.38. The van der Waals surface area contributed by atoms with Gasteiger partial charge in [-0.3, -0.25) is 0 Å². The first-order valence-corrected chi connectivity index (χ1v) is 6.20. The van der Waals surface area contributed by atoms with Gasteiger partial charge in [0.2, 0.25) is 0 Å². The maximum atomic E-state index is 5.58. The summed E-state index contributed by atoms with van der Waals surface area (Å²) < 4.78 is 10.8.